The Balaban J connectivity index is 1.58. The Kier molecular flexibility index (Phi) is 6.81. The van der Waals surface area contributed by atoms with Gasteiger partial charge in [-0.3, -0.25) is 9.52 Å². The van der Waals surface area contributed by atoms with Crippen LogP contribution in [0.5, 0.6) is 0 Å². The van der Waals surface area contributed by atoms with Crippen molar-refractivity contribution < 1.29 is 22.3 Å². The van der Waals surface area contributed by atoms with E-state index in [1.807, 2.05) is 30.3 Å². The summed E-state index contributed by atoms with van der Waals surface area (Å²) in [6.07, 6.45) is -0.691. The van der Waals surface area contributed by atoms with Crippen molar-refractivity contribution in [3.8, 4) is 0 Å². The highest BCUT2D eigenvalue weighted by molar-refractivity contribution is 7.92. The van der Waals surface area contributed by atoms with Crippen LogP contribution in [0.1, 0.15) is 12.5 Å². The topological polar surface area (TPSA) is 84.5 Å². The number of anilines is 2. The van der Waals surface area contributed by atoms with Gasteiger partial charge in [0.25, 0.3) is 15.9 Å². The van der Waals surface area contributed by atoms with Gasteiger partial charge in [-0.15, -0.1) is 0 Å². The minimum Gasteiger partial charge on any atom is -0.364 e. The van der Waals surface area contributed by atoms with Crippen LogP contribution in [-0.2, 0) is 26.2 Å². The quantitative estimate of drug-likeness (QED) is 0.564. The third kappa shape index (κ3) is 5.88. The molecule has 0 saturated carbocycles. The second kappa shape index (κ2) is 9.51. The summed E-state index contributed by atoms with van der Waals surface area (Å²) < 4.78 is 46.0. The second-order valence-electron chi connectivity index (χ2n) is 6.57. The van der Waals surface area contributed by atoms with Crippen LogP contribution in [0.4, 0.5) is 15.8 Å². The molecule has 2 N–H and O–H groups in total. The molecule has 30 heavy (non-hydrogen) atoms. The normalized spacial score (nSPS) is 12.2. The fraction of sp³-hybridized carbons (Fsp3) is 0.136. The average Bonchev–Trinajstić information content (AvgIpc) is 2.73. The van der Waals surface area contributed by atoms with Crippen LogP contribution in [0, 0.1) is 5.82 Å². The Bertz CT molecular complexity index is 1100. The summed E-state index contributed by atoms with van der Waals surface area (Å²) in [5, 5.41) is 2.69. The fourth-order valence-corrected chi connectivity index (χ4v) is 3.65. The van der Waals surface area contributed by atoms with Crippen molar-refractivity contribution in [1.29, 1.82) is 0 Å². The number of amides is 1. The van der Waals surface area contributed by atoms with Gasteiger partial charge in [-0.1, -0.05) is 36.4 Å². The number of carbonyl (C=O) groups is 1. The number of sulfonamides is 1. The van der Waals surface area contributed by atoms with E-state index in [-0.39, 0.29) is 16.5 Å². The minimum absolute atomic E-state index is 0.0156. The first kappa shape index (κ1) is 21.5. The summed E-state index contributed by atoms with van der Waals surface area (Å²) in [6, 6.07) is 20.3. The molecule has 0 radical (unpaired) electrons. The number of halogens is 1. The number of nitrogens with one attached hydrogen (secondary N) is 2. The zero-order chi connectivity index (χ0) is 21.6. The summed E-state index contributed by atoms with van der Waals surface area (Å²) in [4.78, 5) is 12.3. The number of rotatable bonds is 8. The standard InChI is InChI=1S/C22H21FN2O4S/c1-16(29-15-17-6-3-2-4-7-17)22(26)24-19-10-12-21(13-11-19)30(27,28)25-20-9-5-8-18(23)14-20/h2-14,16,25H,15H2,1H3,(H,24,26). The molecule has 0 saturated heterocycles. The molecule has 0 aliphatic carbocycles. The number of ether oxygens (including phenoxy) is 1. The lowest BCUT2D eigenvalue weighted by Gasteiger charge is -2.14. The van der Waals surface area contributed by atoms with Crippen LogP contribution in [0.2, 0.25) is 0 Å². The lowest BCUT2D eigenvalue weighted by Crippen LogP contribution is -2.27. The first-order valence-electron chi connectivity index (χ1n) is 9.18. The predicted octanol–water partition coefficient (Wildman–Crippen LogP) is 4.17. The molecule has 1 amide bonds. The van der Waals surface area contributed by atoms with E-state index in [0.29, 0.717) is 12.3 Å². The van der Waals surface area contributed by atoms with Gasteiger partial charge in [0.1, 0.15) is 11.9 Å². The molecule has 0 bridgehead atoms. The molecule has 156 valence electrons. The van der Waals surface area contributed by atoms with Gasteiger partial charge in [0.2, 0.25) is 0 Å². The Hall–Kier alpha value is -3.23. The van der Waals surface area contributed by atoms with Gasteiger partial charge in [-0.2, -0.15) is 0 Å². The van der Waals surface area contributed by atoms with Crippen molar-refractivity contribution in [2.24, 2.45) is 0 Å². The molecule has 3 aromatic carbocycles. The fourth-order valence-electron chi connectivity index (χ4n) is 2.60. The third-order valence-corrected chi connectivity index (χ3v) is 5.62. The molecule has 0 spiro atoms. The first-order valence-corrected chi connectivity index (χ1v) is 10.7. The van der Waals surface area contributed by atoms with Crippen molar-refractivity contribution in [2.75, 3.05) is 10.0 Å². The molecule has 0 heterocycles. The third-order valence-electron chi connectivity index (χ3n) is 4.22. The van der Waals surface area contributed by atoms with Gasteiger partial charge in [0.05, 0.1) is 17.2 Å². The Morgan fingerprint density at radius 2 is 1.67 bits per heavy atom. The van der Waals surface area contributed by atoms with Gasteiger partial charge in [0.15, 0.2) is 0 Å². The Labute approximate surface area is 174 Å². The van der Waals surface area contributed by atoms with E-state index in [9.17, 15) is 17.6 Å². The van der Waals surface area contributed by atoms with Gasteiger partial charge >= 0.3 is 0 Å². The average molecular weight is 428 g/mol. The molecule has 3 aromatic rings. The SMILES string of the molecule is CC(OCc1ccccc1)C(=O)Nc1ccc(S(=O)(=O)Nc2cccc(F)c2)cc1. The number of hydrogen-bond acceptors (Lipinski definition) is 4. The molecule has 0 aromatic heterocycles. The van der Waals surface area contributed by atoms with Crippen LogP contribution in [0.3, 0.4) is 0 Å². The maximum absolute atomic E-state index is 13.3. The van der Waals surface area contributed by atoms with Crippen LogP contribution < -0.4 is 10.0 Å². The number of carbonyl (C=O) groups excluding carboxylic acids is 1. The largest absolute Gasteiger partial charge is 0.364 e. The molecule has 3 rings (SSSR count). The van der Waals surface area contributed by atoms with E-state index in [1.165, 1.54) is 42.5 Å². The molecule has 0 fully saturated rings. The molecular weight excluding hydrogens is 407 g/mol. The van der Waals surface area contributed by atoms with Crippen LogP contribution in [0.15, 0.2) is 83.8 Å². The smallest absolute Gasteiger partial charge is 0.261 e. The maximum atomic E-state index is 13.3. The predicted molar refractivity (Wildman–Crippen MR) is 113 cm³/mol. The number of benzene rings is 3. The highest BCUT2D eigenvalue weighted by Crippen LogP contribution is 2.19. The molecule has 0 aliphatic rings. The second-order valence-corrected chi connectivity index (χ2v) is 8.25. The zero-order valence-corrected chi connectivity index (χ0v) is 17.0. The lowest BCUT2D eigenvalue weighted by molar-refractivity contribution is -0.127. The monoisotopic (exact) mass is 428 g/mol. The molecule has 8 heteroatoms. The van der Waals surface area contributed by atoms with Gasteiger partial charge in [-0.25, -0.2) is 12.8 Å². The summed E-state index contributed by atoms with van der Waals surface area (Å²) in [5.74, 6) is -0.892. The van der Waals surface area contributed by atoms with E-state index in [1.54, 1.807) is 6.92 Å². The summed E-state index contributed by atoms with van der Waals surface area (Å²) >= 11 is 0. The Morgan fingerprint density at radius 3 is 2.33 bits per heavy atom. The zero-order valence-electron chi connectivity index (χ0n) is 16.2. The molecule has 1 atom stereocenters. The van der Waals surface area contributed by atoms with Crippen LogP contribution in [-0.4, -0.2) is 20.4 Å². The molecule has 6 nitrogen and oxygen atoms in total. The van der Waals surface area contributed by atoms with E-state index in [4.69, 9.17) is 4.74 Å². The van der Waals surface area contributed by atoms with Gasteiger partial charge in [-0.05, 0) is 55.0 Å². The minimum atomic E-state index is -3.88. The Morgan fingerprint density at radius 1 is 0.967 bits per heavy atom. The van der Waals surface area contributed by atoms with Crippen molar-refractivity contribution in [2.45, 2.75) is 24.5 Å². The summed E-state index contributed by atoms with van der Waals surface area (Å²) in [6.45, 7) is 1.94. The van der Waals surface area contributed by atoms with Gasteiger partial charge < -0.3 is 10.1 Å². The number of hydrogen-bond donors (Lipinski definition) is 2. The molecule has 0 aliphatic heterocycles. The van der Waals surface area contributed by atoms with E-state index in [2.05, 4.69) is 10.0 Å². The van der Waals surface area contributed by atoms with E-state index in [0.717, 1.165) is 11.6 Å². The first-order chi connectivity index (χ1) is 14.3. The van der Waals surface area contributed by atoms with Crippen LogP contribution in [0.25, 0.3) is 0 Å². The highest BCUT2D eigenvalue weighted by Gasteiger charge is 2.16. The molecule has 1 unspecified atom stereocenters. The maximum Gasteiger partial charge on any atom is 0.261 e. The van der Waals surface area contributed by atoms with Crippen molar-refractivity contribution in [3.05, 3.63) is 90.2 Å². The summed E-state index contributed by atoms with van der Waals surface area (Å²) in [7, 11) is -3.88. The molecular formula is C22H21FN2O4S. The lowest BCUT2D eigenvalue weighted by atomic mass is 10.2. The van der Waals surface area contributed by atoms with E-state index < -0.39 is 21.9 Å². The summed E-state index contributed by atoms with van der Waals surface area (Å²) in [5.41, 5.74) is 1.51. The van der Waals surface area contributed by atoms with Crippen LogP contribution >= 0.6 is 0 Å². The highest BCUT2D eigenvalue weighted by atomic mass is 32.2. The van der Waals surface area contributed by atoms with Crippen molar-refractivity contribution in [3.63, 3.8) is 0 Å². The van der Waals surface area contributed by atoms with E-state index >= 15 is 0 Å². The van der Waals surface area contributed by atoms with Crippen molar-refractivity contribution in [1.82, 2.24) is 0 Å². The van der Waals surface area contributed by atoms with Gasteiger partial charge in [0, 0.05) is 5.69 Å². The van der Waals surface area contributed by atoms with Crippen molar-refractivity contribution >= 4 is 27.3 Å².